The summed E-state index contributed by atoms with van der Waals surface area (Å²) in [5.41, 5.74) is 1.96. The molecule has 0 spiro atoms. The highest BCUT2D eigenvalue weighted by Crippen LogP contribution is 2.31. The first-order valence-corrected chi connectivity index (χ1v) is 7.50. The van der Waals surface area contributed by atoms with Gasteiger partial charge < -0.3 is 10.2 Å². The summed E-state index contributed by atoms with van der Waals surface area (Å²) < 4.78 is 0. The van der Waals surface area contributed by atoms with Gasteiger partial charge in [0.25, 0.3) is 0 Å². The van der Waals surface area contributed by atoms with E-state index < -0.39 is 0 Å². The second-order valence-corrected chi connectivity index (χ2v) is 5.60. The van der Waals surface area contributed by atoms with E-state index in [1.54, 1.807) is 6.07 Å². The van der Waals surface area contributed by atoms with Crippen LogP contribution in [0.1, 0.15) is 18.3 Å². The topological polar surface area (TPSA) is 41.1 Å². The Morgan fingerprint density at radius 2 is 1.95 bits per heavy atom. The molecule has 2 heterocycles. The summed E-state index contributed by atoms with van der Waals surface area (Å²) in [6, 6.07) is 7.66. The van der Waals surface area contributed by atoms with E-state index in [0.29, 0.717) is 28.2 Å². The van der Waals surface area contributed by atoms with Gasteiger partial charge in [-0.15, -0.1) is 0 Å². The first kappa shape index (κ1) is 15.9. The van der Waals surface area contributed by atoms with Crippen molar-refractivity contribution in [1.29, 1.82) is 0 Å². The van der Waals surface area contributed by atoms with Crippen LogP contribution in [0.3, 0.4) is 0 Å². The van der Waals surface area contributed by atoms with Crippen molar-refractivity contribution in [1.82, 2.24) is 9.97 Å². The number of nitrogens with one attached hydrogen (secondary N) is 1. The highest BCUT2D eigenvalue weighted by atomic mass is 35.5. The maximum Gasteiger partial charge on any atom is 0.150 e. The lowest BCUT2D eigenvalue weighted by molar-refractivity contribution is 0.859. The first-order valence-electron chi connectivity index (χ1n) is 6.75. The molecule has 2 aromatic rings. The lowest BCUT2D eigenvalue weighted by Gasteiger charge is -2.20. The van der Waals surface area contributed by atoms with Crippen LogP contribution in [-0.2, 0) is 6.54 Å². The van der Waals surface area contributed by atoms with Gasteiger partial charge in [-0.1, -0.05) is 29.3 Å². The minimum Gasteiger partial charge on any atom is -0.369 e. The standard InChI is InChI=1S/C15H18Cl2N4/c1-4-18-14-12(16)8-13(17)15(20-14)21(3)9-11-7-5-6-10(2)19-11/h5-8H,4,9H2,1-3H3,(H,18,20). The molecule has 0 saturated carbocycles. The molecule has 112 valence electrons. The molecule has 0 aromatic carbocycles. The van der Waals surface area contributed by atoms with E-state index in [2.05, 4.69) is 15.3 Å². The number of rotatable bonds is 5. The fourth-order valence-corrected chi connectivity index (χ4v) is 2.59. The summed E-state index contributed by atoms with van der Waals surface area (Å²) in [6.07, 6.45) is 0. The predicted octanol–water partition coefficient (Wildman–Crippen LogP) is 4.16. The number of pyridine rings is 2. The Balaban J connectivity index is 2.26. The average Bonchev–Trinajstić information content (AvgIpc) is 2.41. The van der Waals surface area contributed by atoms with Gasteiger partial charge in [0.05, 0.1) is 22.3 Å². The van der Waals surface area contributed by atoms with E-state index >= 15 is 0 Å². The van der Waals surface area contributed by atoms with Crippen molar-refractivity contribution in [3.8, 4) is 0 Å². The molecule has 0 aliphatic carbocycles. The molecule has 0 bridgehead atoms. The maximum absolute atomic E-state index is 6.26. The molecule has 0 atom stereocenters. The molecule has 2 rings (SSSR count). The summed E-state index contributed by atoms with van der Waals surface area (Å²) >= 11 is 12.4. The molecule has 0 saturated heterocycles. The van der Waals surface area contributed by atoms with E-state index in [1.807, 2.05) is 44.0 Å². The zero-order chi connectivity index (χ0) is 15.4. The quantitative estimate of drug-likeness (QED) is 0.896. The summed E-state index contributed by atoms with van der Waals surface area (Å²) in [7, 11) is 1.93. The molecule has 0 aliphatic rings. The van der Waals surface area contributed by atoms with Crippen LogP contribution >= 0.6 is 23.2 Å². The minimum atomic E-state index is 0.521. The number of aryl methyl sites for hydroxylation is 1. The molecule has 0 unspecified atom stereocenters. The molecule has 6 heteroatoms. The van der Waals surface area contributed by atoms with Crippen LogP contribution in [0.15, 0.2) is 24.3 Å². The van der Waals surface area contributed by atoms with Crippen LogP contribution < -0.4 is 10.2 Å². The number of hydrogen-bond donors (Lipinski definition) is 1. The predicted molar refractivity (Wildman–Crippen MR) is 89.5 cm³/mol. The van der Waals surface area contributed by atoms with Gasteiger partial charge in [-0.05, 0) is 32.0 Å². The van der Waals surface area contributed by atoms with Crippen molar-refractivity contribution in [2.24, 2.45) is 0 Å². The van der Waals surface area contributed by atoms with E-state index in [1.165, 1.54) is 0 Å². The van der Waals surface area contributed by atoms with Gasteiger partial charge in [-0.25, -0.2) is 4.98 Å². The van der Waals surface area contributed by atoms with E-state index in [0.717, 1.165) is 17.9 Å². The number of aromatic nitrogens is 2. The summed E-state index contributed by atoms with van der Waals surface area (Å²) in [6.45, 7) is 5.34. The van der Waals surface area contributed by atoms with E-state index in [9.17, 15) is 0 Å². The molecule has 1 N–H and O–H groups in total. The van der Waals surface area contributed by atoms with Crippen LogP contribution in [0.4, 0.5) is 11.6 Å². The second-order valence-electron chi connectivity index (χ2n) is 4.78. The minimum absolute atomic E-state index is 0.521. The van der Waals surface area contributed by atoms with Crippen molar-refractivity contribution in [2.75, 3.05) is 23.8 Å². The van der Waals surface area contributed by atoms with Crippen LogP contribution in [0.25, 0.3) is 0 Å². The third kappa shape index (κ3) is 3.99. The molecular weight excluding hydrogens is 307 g/mol. The Hall–Kier alpha value is -1.52. The van der Waals surface area contributed by atoms with Crippen LogP contribution in [0.2, 0.25) is 10.0 Å². The van der Waals surface area contributed by atoms with Crippen LogP contribution in [-0.4, -0.2) is 23.6 Å². The van der Waals surface area contributed by atoms with Gasteiger partial charge in [-0.3, -0.25) is 4.98 Å². The molecule has 0 radical (unpaired) electrons. The molecule has 2 aromatic heterocycles. The molecule has 4 nitrogen and oxygen atoms in total. The van der Waals surface area contributed by atoms with Crippen molar-refractivity contribution in [3.05, 3.63) is 45.7 Å². The zero-order valence-electron chi connectivity index (χ0n) is 12.3. The fraction of sp³-hybridized carbons (Fsp3) is 0.333. The monoisotopic (exact) mass is 324 g/mol. The lowest BCUT2D eigenvalue weighted by Crippen LogP contribution is -2.19. The molecule has 0 aliphatic heterocycles. The Morgan fingerprint density at radius 3 is 2.62 bits per heavy atom. The highest BCUT2D eigenvalue weighted by Gasteiger charge is 2.13. The fourth-order valence-electron chi connectivity index (χ4n) is 2.02. The second kappa shape index (κ2) is 6.96. The zero-order valence-corrected chi connectivity index (χ0v) is 13.8. The van der Waals surface area contributed by atoms with Crippen molar-refractivity contribution in [3.63, 3.8) is 0 Å². The molecule has 0 amide bonds. The largest absolute Gasteiger partial charge is 0.369 e. The summed E-state index contributed by atoms with van der Waals surface area (Å²) in [5, 5.41) is 4.17. The van der Waals surface area contributed by atoms with Crippen molar-refractivity contribution in [2.45, 2.75) is 20.4 Å². The van der Waals surface area contributed by atoms with Gasteiger partial charge in [0.1, 0.15) is 11.6 Å². The highest BCUT2D eigenvalue weighted by molar-refractivity contribution is 6.37. The lowest BCUT2D eigenvalue weighted by atomic mass is 10.3. The Morgan fingerprint density at radius 1 is 1.19 bits per heavy atom. The molecular formula is C15H18Cl2N4. The Kier molecular flexibility index (Phi) is 5.26. The van der Waals surface area contributed by atoms with E-state index in [4.69, 9.17) is 23.2 Å². The maximum atomic E-state index is 6.26. The third-order valence-electron chi connectivity index (χ3n) is 2.96. The molecule has 21 heavy (non-hydrogen) atoms. The van der Waals surface area contributed by atoms with Gasteiger partial charge >= 0.3 is 0 Å². The van der Waals surface area contributed by atoms with Gasteiger partial charge in [-0.2, -0.15) is 0 Å². The number of nitrogens with zero attached hydrogens (tertiary/aromatic N) is 3. The number of hydrogen-bond acceptors (Lipinski definition) is 4. The number of halogens is 2. The Labute approximate surface area is 135 Å². The summed E-state index contributed by atoms with van der Waals surface area (Å²) in [4.78, 5) is 11.0. The molecule has 0 fully saturated rings. The first-order chi connectivity index (χ1) is 10.0. The third-order valence-corrected chi connectivity index (χ3v) is 3.53. The SMILES string of the molecule is CCNc1nc(N(C)Cc2cccc(C)n2)c(Cl)cc1Cl. The van der Waals surface area contributed by atoms with Crippen molar-refractivity contribution < 1.29 is 0 Å². The van der Waals surface area contributed by atoms with Gasteiger partial charge in [0, 0.05) is 19.3 Å². The summed E-state index contributed by atoms with van der Waals surface area (Å²) in [5.74, 6) is 1.32. The average molecular weight is 325 g/mol. The van der Waals surface area contributed by atoms with Crippen molar-refractivity contribution >= 4 is 34.8 Å². The Bertz CT molecular complexity index is 631. The van der Waals surface area contributed by atoms with E-state index in [-0.39, 0.29) is 0 Å². The van der Waals surface area contributed by atoms with Gasteiger partial charge in [0.2, 0.25) is 0 Å². The number of anilines is 2. The van der Waals surface area contributed by atoms with Crippen LogP contribution in [0.5, 0.6) is 0 Å². The van der Waals surface area contributed by atoms with Gasteiger partial charge in [0.15, 0.2) is 0 Å². The smallest absolute Gasteiger partial charge is 0.150 e. The van der Waals surface area contributed by atoms with Crippen LogP contribution in [0, 0.1) is 6.92 Å². The normalized spacial score (nSPS) is 10.5.